The Morgan fingerprint density at radius 2 is 2.20 bits per heavy atom. The van der Waals surface area contributed by atoms with E-state index in [2.05, 4.69) is 5.32 Å². The van der Waals surface area contributed by atoms with Crippen molar-refractivity contribution in [2.45, 2.75) is 6.54 Å². The second-order valence-corrected chi connectivity index (χ2v) is 3.51. The molecule has 0 atom stereocenters. The molecule has 15 heavy (non-hydrogen) atoms. The van der Waals surface area contributed by atoms with Crippen molar-refractivity contribution in [1.82, 2.24) is 5.32 Å². The summed E-state index contributed by atoms with van der Waals surface area (Å²) in [5.74, 6) is 0.268. The predicted molar refractivity (Wildman–Crippen MR) is 54.1 cm³/mol. The topological polar surface area (TPSA) is 78.8 Å². The number of carbonyl (C=O) groups excluding carboxylic acids is 1. The van der Waals surface area contributed by atoms with Crippen LogP contribution in [0.25, 0.3) is 0 Å². The fourth-order valence-electron chi connectivity index (χ4n) is 1.36. The van der Waals surface area contributed by atoms with E-state index >= 15 is 0 Å². The van der Waals surface area contributed by atoms with E-state index in [1.54, 1.807) is 0 Å². The zero-order valence-electron chi connectivity index (χ0n) is 7.53. The number of halogens is 1. The lowest BCUT2D eigenvalue weighted by molar-refractivity contribution is 0.194. The monoisotopic (exact) mass is 227 g/mol. The molecule has 0 aliphatic carbocycles. The van der Waals surface area contributed by atoms with Crippen LogP contribution in [0.1, 0.15) is 5.56 Å². The molecule has 1 aliphatic heterocycles. The van der Waals surface area contributed by atoms with E-state index in [0.717, 1.165) is 0 Å². The van der Waals surface area contributed by atoms with E-state index in [-0.39, 0.29) is 22.8 Å². The Morgan fingerprint density at radius 3 is 2.87 bits per heavy atom. The van der Waals surface area contributed by atoms with Gasteiger partial charge in [-0.05, 0) is 11.5 Å². The van der Waals surface area contributed by atoms with Gasteiger partial charge in [0.15, 0.2) is 5.75 Å². The van der Waals surface area contributed by atoms with Crippen molar-refractivity contribution < 1.29 is 19.6 Å². The van der Waals surface area contributed by atoms with E-state index in [9.17, 15) is 4.79 Å². The fraction of sp³-hybridized carbons (Fsp3) is 0.125. The third-order valence-electron chi connectivity index (χ3n) is 2.06. The Labute approximate surface area is 90.8 Å². The first kappa shape index (κ1) is 10.3. The van der Waals surface area contributed by atoms with Crippen LogP contribution in [-0.4, -0.2) is 23.3 Å². The number of nitrogens with one attached hydrogen (secondary N) is 1. The molecular formula is C8H7BClNO4. The molecule has 2 rings (SSSR count). The molecule has 0 bridgehead atoms. The predicted octanol–water partition coefficient (Wildman–Crippen LogP) is -0.378. The molecule has 0 radical (unpaired) electrons. The van der Waals surface area contributed by atoms with Crippen molar-refractivity contribution in [3.8, 4) is 5.75 Å². The molecule has 1 aliphatic rings. The molecule has 0 saturated heterocycles. The molecule has 0 aromatic heterocycles. The highest BCUT2D eigenvalue weighted by molar-refractivity contribution is 6.59. The molecule has 7 heteroatoms. The lowest BCUT2D eigenvalue weighted by Gasteiger charge is -2.18. The van der Waals surface area contributed by atoms with Crippen molar-refractivity contribution in [3.63, 3.8) is 0 Å². The maximum absolute atomic E-state index is 10.9. The van der Waals surface area contributed by atoms with Crippen molar-refractivity contribution >= 4 is 30.3 Å². The second kappa shape index (κ2) is 3.73. The summed E-state index contributed by atoms with van der Waals surface area (Å²) < 4.78 is 4.85. The van der Waals surface area contributed by atoms with Crippen molar-refractivity contribution in [3.05, 3.63) is 22.7 Å². The van der Waals surface area contributed by atoms with Crippen molar-refractivity contribution in [2.24, 2.45) is 0 Å². The molecule has 1 aromatic rings. The van der Waals surface area contributed by atoms with Gasteiger partial charge in [-0.3, -0.25) is 0 Å². The van der Waals surface area contributed by atoms with E-state index in [1.807, 2.05) is 0 Å². The number of hydrogen-bond acceptors (Lipinski definition) is 4. The summed E-state index contributed by atoms with van der Waals surface area (Å²) in [6.45, 7) is 0.258. The van der Waals surface area contributed by atoms with Crippen LogP contribution in [0.3, 0.4) is 0 Å². The minimum Gasteiger partial charge on any atom is -0.423 e. The van der Waals surface area contributed by atoms with E-state index < -0.39 is 13.2 Å². The van der Waals surface area contributed by atoms with E-state index in [0.29, 0.717) is 5.56 Å². The van der Waals surface area contributed by atoms with Gasteiger partial charge in [-0.2, -0.15) is 0 Å². The molecular weight excluding hydrogens is 220 g/mol. The summed E-state index contributed by atoms with van der Waals surface area (Å²) >= 11 is 5.83. The van der Waals surface area contributed by atoms with Gasteiger partial charge < -0.3 is 20.1 Å². The number of carbonyl (C=O) groups is 1. The van der Waals surface area contributed by atoms with E-state index in [4.69, 9.17) is 26.4 Å². The summed E-state index contributed by atoms with van der Waals surface area (Å²) in [7, 11) is -1.59. The fourth-order valence-corrected chi connectivity index (χ4v) is 1.65. The molecule has 1 aromatic carbocycles. The lowest BCUT2D eigenvalue weighted by atomic mass is 9.79. The zero-order valence-corrected chi connectivity index (χ0v) is 8.28. The van der Waals surface area contributed by atoms with Crippen LogP contribution in [0, 0.1) is 0 Å². The number of ether oxygens (including phenoxy) is 1. The minimum atomic E-state index is -1.59. The standard InChI is InChI=1S/C8H7BClNO4/c10-6-2-5(9(13)14)1-4-3-11-8(12)15-7(4)6/h1-2,13-14H,3H2,(H,11,12). The van der Waals surface area contributed by atoms with E-state index in [1.165, 1.54) is 12.1 Å². The molecule has 1 heterocycles. The quantitative estimate of drug-likeness (QED) is 0.572. The normalized spacial score (nSPS) is 13.9. The highest BCUT2D eigenvalue weighted by atomic mass is 35.5. The van der Waals surface area contributed by atoms with Crippen LogP contribution in [0.5, 0.6) is 5.75 Å². The number of benzene rings is 1. The minimum absolute atomic E-state index is 0.186. The first-order chi connectivity index (χ1) is 7.08. The second-order valence-electron chi connectivity index (χ2n) is 3.11. The summed E-state index contributed by atoms with van der Waals surface area (Å²) in [5, 5.41) is 20.6. The first-order valence-electron chi connectivity index (χ1n) is 4.22. The number of hydrogen-bond donors (Lipinski definition) is 3. The Hall–Kier alpha value is -1.24. The third kappa shape index (κ3) is 1.92. The van der Waals surface area contributed by atoms with Gasteiger partial charge in [-0.25, -0.2) is 4.79 Å². The van der Waals surface area contributed by atoms with Gasteiger partial charge in [0.1, 0.15) is 0 Å². The van der Waals surface area contributed by atoms with Crippen molar-refractivity contribution in [1.29, 1.82) is 0 Å². The summed E-state index contributed by atoms with van der Waals surface area (Å²) in [6, 6.07) is 2.87. The Kier molecular flexibility index (Phi) is 2.56. The average molecular weight is 227 g/mol. The number of rotatable bonds is 1. The Balaban J connectivity index is 2.47. The molecule has 3 N–H and O–H groups in total. The SMILES string of the molecule is O=C1NCc2cc(B(O)O)cc(Cl)c2O1. The van der Waals surface area contributed by atoms with Crippen LogP contribution >= 0.6 is 11.6 Å². The highest BCUT2D eigenvalue weighted by Gasteiger charge is 2.22. The molecule has 0 spiro atoms. The van der Waals surface area contributed by atoms with Crippen LogP contribution in [0.4, 0.5) is 4.79 Å². The molecule has 1 amide bonds. The average Bonchev–Trinajstić information content (AvgIpc) is 2.18. The van der Waals surface area contributed by atoms with Gasteiger partial charge in [-0.15, -0.1) is 0 Å². The largest absolute Gasteiger partial charge is 0.488 e. The van der Waals surface area contributed by atoms with Gasteiger partial charge in [0, 0.05) is 12.1 Å². The molecule has 78 valence electrons. The van der Waals surface area contributed by atoms with Crippen LogP contribution in [-0.2, 0) is 6.54 Å². The Morgan fingerprint density at radius 1 is 1.47 bits per heavy atom. The maximum Gasteiger partial charge on any atom is 0.488 e. The third-order valence-corrected chi connectivity index (χ3v) is 2.34. The van der Waals surface area contributed by atoms with Crippen LogP contribution in [0.2, 0.25) is 5.02 Å². The first-order valence-corrected chi connectivity index (χ1v) is 4.60. The highest BCUT2D eigenvalue weighted by Crippen LogP contribution is 2.29. The number of amides is 1. The van der Waals surface area contributed by atoms with Gasteiger partial charge in [0.2, 0.25) is 0 Å². The lowest BCUT2D eigenvalue weighted by Crippen LogP contribution is -2.35. The summed E-state index contributed by atoms with van der Waals surface area (Å²) in [5.41, 5.74) is 0.878. The van der Waals surface area contributed by atoms with Crippen LogP contribution in [0.15, 0.2) is 12.1 Å². The smallest absolute Gasteiger partial charge is 0.423 e. The summed E-state index contributed by atoms with van der Waals surface area (Å²) in [6.07, 6.45) is -0.568. The maximum atomic E-state index is 10.9. The number of fused-ring (bicyclic) bond motifs is 1. The molecule has 0 saturated carbocycles. The molecule has 0 fully saturated rings. The molecule has 0 unspecified atom stereocenters. The molecule has 5 nitrogen and oxygen atoms in total. The van der Waals surface area contributed by atoms with Crippen LogP contribution < -0.4 is 15.5 Å². The summed E-state index contributed by atoms with van der Waals surface area (Å²) in [4.78, 5) is 10.9. The van der Waals surface area contributed by atoms with Gasteiger partial charge in [0.25, 0.3) is 0 Å². The van der Waals surface area contributed by atoms with Gasteiger partial charge in [0.05, 0.1) is 5.02 Å². The van der Waals surface area contributed by atoms with Crippen molar-refractivity contribution in [2.75, 3.05) is 0 Å². The van der Waals surface area contributed by atoms with Gasteiger partial charge in [-0.1, -0.05) is 17.7 Å². The Bertz CT molecular complexity index is 423. The zero-order chi connectivity index (χ0) is 11.0. The van der Waals surface area contributed by atoms with Gasteiger partial charge >= 0.3 is 13.2 Å².